The van der Waals surface area contributed by atoms with Crippen LogP contribution in [0.4, 0.5) is 0 Å². The van der Waals surface area contributed by atoms with Gasteiger partial charge in [-0.3, -0.25) is 0 Å². The molecule has 0 aliphatic carbocycles. The topological polar surface area (TPSA) is 18.5 Å². The van der Waals surface area contributed by atoms with Gasteiger partial charge in [0.25, 0.3) is 0 Å². The molecule has 0 saturated carbocycles. The van der Waals surface area contributed by atoms with Crippen LogP contribution in [-0.2, 0) is 8.23 Å². The zero-order valence-corrected chi connectivity index (χ0v) is 28.6. The fraction of sp³-hybridized carbons (Fsp3) is 1.00. The molecule has 0 unspecified atom stereocenters. The van der Waals surface area contributed by atoms with E-state index in [4.69, 9.17) is 8.23 Å². The highest BCUT2D eigenvalue weighted by molar-refractivity contribution is 7.41. The zero-order valence-electron chi connectivity index (χ0n) is 23.6. The highest BCUT2D eigenvalue weighted by atomic mass is 29.3. The molecule has 0 aliphatic heterocycles. The second-order valence-electron chi connectivity index (χ2n) is 12.9. The Balaban J connectivity index is -0.000000232. The zero-order chi connectivity index (χ0) is 24.2. The van der Waals surface area contributed by atoms with E-state index in [1.165, 1.54) is 0 Å². The molecule has 31 heavy (non-hydrogen) atoms. The van der Waals surface area contributed by atoms with Crippen molar-refractivity contribution in [1.29, 1.82) is 0 Å². The van der Waals surface area contributed by atoms with Crippen LogP contribution in [0.15, 0.2) is 0 Å². The van der Waals surface area contributed by atoms with Crippen LogP contribution in [0.1, 0.15) is 70.2 Å². The van der Waals surface area contributed by atoms with Gasteiger partial charge in [-0.05, 0) is 50.4 Å². The lowest BCUT2D eigenvalue weighted by atomic mass is 10.6. The summed E-state index contributed by atoms with van der Waals surface area (Å²) in [6.07, 6.45) is 0. The Bertz CT molecular complexity index is 440. The molecule has 0 heterocycles. The Hall–Kier alpha value is 1.00. The maximum Gasteiger partial charge on any atom is 0.311 e. The van der Waals surface area contributed by atoms with E-state index in [2.05, 4.69) is 121 Å². The molecule has 7 heteroatoms. The average molecular weight is 527 g/mol. The van der Waals surface area contributed by atoms with Gasteiger partial charge >= 0.3 is 8.56 Å². The first-order valence-electron chi connectivity index (χ1n) is 11.8. The van der Waals surface area contributed by atoms with E-state index in [0.29, 0.717) is 11.1 Å². The van der Waals surface area contributed by atoms with Crippen LogP contribution in [0.25, 0.3) is 0 Å². The summed E-state index contributed by atoms with van der Waals surface area (Å²) in [7, 11) is -7.02. The normalized spacial score (nSPS) is 13.7. The third kappa shape index (κ3) is 12.3. The Kier molecular flexibility index (Phi) is 17.4. The van der Waals surface area contributed by atoms with Crippen molar-refractivity contribution in [3.63, 3.8) is 0 Å². The SMILES string of the molecule is C.C.CC(C)[Si](C)(C)O[Si](C)(C)O[Si](C)(C)C(C)C.CC(C)[Si](C)(C)[Si](C)(C)C(C)C. The second-order valence-corrected chi connectivity index (χ2v) is 43.0. The van der Waals surface area contributed by atoms with Gasteiger partial charge in [-0.15, -0.1) is 0 Å². The first-order valence-corrected chi connectivity index (χ1v) is 27.8. The molecule has 0 aromatic rings. The van der Waals surface area contributed by atoms with E-state index in [-0.39, 0.29) is 14.9 Å². The minimum atomic E-state index is -1.98. The Morgan fingerprint density at radius 2 is 0.581 bits per heavy atom. The smallest absolute Gasteiger partial charge is 0.311 e. The number of hydrogen-bond acceptors (Lipinski definition) is 2. The van der Waals surface area contributed by atoms with Crippen LogP contribution in [0, 0.1) is 0 Å². The van der Waals surface area contributed by atoms with Crippen LogP contribution in [0.5, 0.6) is 0 Å². The van der Waals surface area contributed by atoms with E-state index in [9.17, 15) is 0 Å². The van der Waals surface area contributed by atoms with Crippen molar-refractivity contribution in [2.24, 2.45) is 0 Å². The molecule has 0 aromatic heterocycles. The molecule has 0 fully saturated rings. The lowest BCUT2D eigenvalue weighted by molar-refractivity contribution is 0.379. The molecule has 0 N–H and O–H groups in total. The minimum Gasteiger partial charge on any atom is -0.436 e. The van der Waals surface area contributed by atoms with Crippen LogP contribution in [-0.4, -0.2) is 40.4 Å². The standard InChI is InChI=1S/C12H32O2Si3.C10H26Si2.2CH4/c1-11(2)15(5,6)13-17(9,10)14-16(7,8)12(3)4;1-9(2)11(5,6)12(7,8)10(3)4;;/h11-12H,1-10H3;9-10H,1-8H3;2*1H4. The van der Waals surface area contributed by atoms with Gasteiger partial charge < -0.3 is 8.23 Å². The maximum atomic E-state index is 6.46. The fourth-order valence-electron chi connectivity index (χ4n) is 3.01. The summed E-state index contributed by atoms with van der Waals surface area (Å²) in [6.45, 7) is 42.7. The number of rotatable bonds is 9. The molecule has 0 amide bonds. The van der Waals surface area contributed by atoms with Gasteiger partial charge in [-0.25, -0.2) is 0 Å². The molecule has 0 aliphatic rings. The molecule has 0 aromatic carbocycles. The third-order valence-electron chi connectivity index (χ3n) is 8.35. The maximum absolute atomic E-state index is 6.46. The minimum absolute atomic E-state index is 0. The van der Waals surface area contributed by atoms with E-state index in [1.54, 1.807) is 0 Å². The molecule has 0 radical (unpaired) electrons. The van der Waals surface area contributed by atoms with E-state index in [0.717, 1.165) is 11.1 Å². The van der Waals surface area contributed by atoms with Crippen molar-refractivity contribution in [3.8, 4) is 0 Å². The summed E-state index contributed by atoms with van der Waals surface area (Å²) in [5.74, 6) is 0. The summed E-state index contributed by atoms with van der Waals surface area (Å²) in [6, 6.07) is 0. The highest BCUT2D eigenvalue weighted by Gasteiger charge is 2.44. The molecule has 0 saturated heterocycles. The van der Waals surface area contributed by atoms with Crippen molar-refractivity contribution in [2.75, 3.05) is 0 Å². The fourth-order valence-corrected chi connectivity index (χ4v) is 27.5. The van der Waals surface area contributed by atoms with Gasteiger partial charge in [0.05, 0.1) is 0 Å². The lowest BCUT2D eigenvalue weighted by Crippen LogP contribution is -2.58. The van der Waals surface area contributed by atoms with Crippen molar-refractivity contribution < 1.29 is 8.23 Å². The van der Waals surface area contributed by atoms with E-state index < -0.39 is 40.4 Å². The molecule has 194 valence electrons. The first-order chi connectivity index (χ1) is 12.4. The van der Waals surface area contributed by atoms with Crippen molar-refractivity contribution in [1.82, 2.24) is 0 Å². The molecule has 0 spiro atoms. The molecule has 0 rings (SSSR count). The molecule has 2 nitrogen and oxygen atoms in total. The first kappa shape index (κ1) is 39.2. The van der Waals surface area contributed by atoms with E-state index >= 15 is 0 Å². The van der Waals surface area contributed by atoms with Crippen molar-refractivity contribution in [2.45, 2.75) is 158 Å². The molecule has 0 bridgehead atoms. The Labute approximate surface area is 206 Å². The van der Waals surface area contributed by atoms with Crippen LogP contribution < -0.4 is 0 Å². The predicted molar refractivity (Wildman–Crippen MR) is 163 cm³/mol. The van der Waals surface area contributed by atoms with Crippen LogP contribution in [0.2, 0.25) is 87.6 Å². The van der Waals surface area contributed by atoms with Crippen LogP contribution in [0.3, 0.4) is 0 Å². The number of hydrogen-bond donors (Lipinski definition) is 0. The lowest BCUT2D eigenvalue weighted by Gasteiger charge is -2.44. The second kappa shape index (κ2) is 13.8. The average Bonchev–Trinajstić information content (AvgIpc) is 2.44. The van der Waals surface area contributed by atoms with Gasteiger partial charge in [0.15, 0.2) is 16.6 Å². The third-order valence-corrected chi connectivity index (χ3v) is 44.6. The van der Waals surface area contributed by atoms with E-state index in [1.807, 2.05) is 0 Å². The molecule has 0 atom stereocenters. The Morgan fingerprint density at radius 1 is 0.387 bits per heavy atom. The largest absolute Gasteiger partial charge is 0.436 e. The van der Waals surface area contributed by atoms with Gasteiger partial charge in [0.1, 0.15) is 0 Å². The van der Waals surface area contributed by atoms with Gasteiger partial charge in [0.2, 0.25) is 0 Å². The highest BCUT2D eigenvalue weighted by Crippen LogP contribution is 2.37. The summed E-state index contributed by atoms with van der Waals surface area (Å²) < 4.78 is 12.9. The molecular formula is C24H66O2Si5. The van der Waals surface area contributed by atoms with Gasteiger partial charge in [-0.1, -0.05) is 108 Å². The van der Waals surface area contributed by atoms with Gasteiger partial charge in [0, 0.05) is 15.2 Å². The van der Waals surface area contributed by atoms with Crippen molar-refractivity contribution in [3.05, 3.63) is 0 Å². The summed E-state index contributed by atoms with van der Waals surface area (Å²) >= 11 is 0. The van der Waals surface area contributed by atoms with Crippen molar-refractivity contribution >= 4 is 40.4 Å². The summed E-state index contributed by atoms with van der Waals surface area (Å²) in [5, 5.41) is 0. The monoisotopic (exact) mass is 526 g/mol. The summed E-state index contributed by atoms with van der Waals surface area (Å²) in [5.41, 5.74) is 3.17. The van der Waals surface area contributed by atoms with Crippen LogP contribution >= 0.6 is 0 Å². The Morgan fingerprint density at radius 3 is 0.710 bits per heavy atom. The summed E-state index contributed by atoms with van der Waals surface area (Å²) in [4.78, 5) is 0. The predicted octanol–water partition coefficient (Wildman–Crippen LogP) is 10.5. The molecular weight excluding hydrogens is 461 g/mol. The van der Waals surface area contributed by atoms with Gasteiger partial charge in [-0.2, -0.15) is 0 Å². The quantitative estimate of drug-likeness (QED) is 0.278.